The molecular weight excluding hydrogens is 324 g/mol. The molecule has 1 aromatic rings. The smallest absolute Gasteiger partial charge is 0.313 e. The van der Waals surface area contributed by atoms with Gasteiger partial charge in [0, 0.05) is 43.3 Å². The summed E-state index contributed by atoms with van der Waals surface area (Å²) in [6.07, 6.45) is 2.82. The number of thioether (sulfide) groups is 1. The standard InChI is InChI=1S/C17H26N4O2S/c1-20-9-11-21(12-10-20)8-4-7-18-16(22)17(23)19-14-5-3-6-15(13-14)24-2/h3,5-6,13H,4,7-12H2,1-2H3,(H,18,22)(H,19,23). The van der Waals surface area contributed by atoms with E-state index in [1.54, 1.807) is 17.8 Å². The molecule has 0 atom stereocenters. The Morgan fingerprint density at radius 1 is 1.17 bits per heavy atom. The highest BCUT2D eigenvalue weighted by Crippen LogP contribution is 2.18. The van der Waals surface area contributed by atoms with E-state index in [2.05, 4.69) is 27.5 Å². The molecule has 1 aromatic carbocycles. The van der Waals surface area contributed by atoms with E-state index in [0.717, 1.165) is 44.0 Å². The van der Waals surface area contributed by atoms with Crippen LogP contribution in [0.25, 0.3) is 0 Å². The summed E-state index contributed by atoms with van der Waals surface area (Å²) in [4.78, 5) is 29.5. The summed E-state index contributed by atoms with van der Waals surface area (Å²) in [5, 5.41) is 5.32. The zero-order chi connectivity index (χ0) is 17.4. The fourth-order valence-electron chi connectivity index (χ4n) is 2.55. The number of carbonyl (C=O) groups is 2. The third kappa shape index (κ3) is 6.14. The van der Waals surface area contributed by atoms with Crippen molar-refractivity contribution in [3.63, 3.8) is 0 Å². The zero-order valence-corrected chi connectivity index (χ0v) is 15.2. The minimum Gasteiger partial charge on any atom is -0.348 e. The van der Waals surface area contributed by atoms with Crippen LogP contribution in [0.5, 0.6) is 0 Å². The molecule has 1 aliphatic heterocycles. The van der Waals surface area contributed by atoms with E-state index in [1.807, 2.05) is 24.5 Å². The lowest BCUT2D eigenvalue weighted by Crippen LogP contribution is -2.45. The Morgan fingerprint density at radius 3 is 2.62 bits per heavy atom. The summed E-state index contributed by atoms with van der Waals surface area (Å²) in [7, 11) is 2.13. The van der Waals surface area contributed by atoms with Gasteiger partial charge in [-0.3, -0.25) is 9.59 Å². The number of nitrogens with zero attached hydrogens (tertiary/aromatic N) is 2. The molecule has 0 radical (unpaired) electrons. The van der Waals surface area contributed by atoms with Crippen molar-refractivity contribution < 1.29 is 9.59 Å². The molecule has 0 spiro atoms. The Labute approximate surface area is 148 Å². The normalized spacial score (nSPS) is 15.9. The lowest BCUT2D eigenvalue weighted by molar-refractivity contribution is -0.136. The van der Waals surface area contributed by atoms with Gasteiger partial charge < -0.3 is 20.4 Å². The zero-order valence-electron chi connectivity index (χ0n) is 14.4. The van der Waals surface area contributed by atoms with Gasteiger partial charge >= 0.3 is 11.8 Å². The van der Waals surface area contributed by atoms with Crippen LogP contribution in [0.3, 0.4) is 0 Å². The van der Waals surface area contributed by atoms with Crippen LogP contribution in [-0.2, 0) is 9.59 Å². The Morgan fingerprint density at radius 2 is 1.92 bits per heavy atom. The number of piperazine rings is 1. The molecule has 24 heavy (non-hydrogen) atoms. The average molecular weight is 350 g/mol. The van der Waals surface area contributed by atoms with Gasteiger partial charge in [0.15, 0.2) is 0 Å². The van der Waals surface area contributed by atoms with E-state index in [9.17, 15) is 9.59 Å². The number of anilines is 1. The Bertz CT molecular complexity index is 559. The minimum atomic E-state index is -0.618. The van der Waals surface area contributed by atoms with Crippen LogP contribution in [0, 0.1) is 0 Å². The van der Waals surface area contributed by atoms with Gasteiger partial charge in [0.05, 0.1) is 0 Å². The van der Waals surface area contributed by atoms with Crippen LogP contribution in [-0.4, -0.2) is 74.2 Å². The van der Waals surface area contributed by atoms with E-state index < -0.39 is 11.8 Å². The predicted molar refractivity (Wildman–Crippen MR) is 98.4 cm³/mol. The molecule has 1 saturated heterocycles. The molecule has 0 aromatic heterocycles. The van der Waals surface area contributed by atoms with Crippen molar-refractivity contribution in [1.29, 1.82) is 0 Å². The van der Waals surface area contributed by atoms with Crippen molar-refractivity contribution in [2.45, 2.75) is 11.3 Å². The highest BCUT2D eigenvalue weighted by Gasteiger charge is 2.15. The Hall–Kier alpha value is -1.57. The quantitative estimate of drug-likeness (QED) is 0.457. The van der Waals surface area contributed by atoms with E-state index in [-0.39, 0.29) is 0 Å². The first-order valence-electron chi connectivity index (χ1n) is 8.22. The second-order valence-electron chi connectivity index (χ2n) is 5.94. The highest BCUT2D eigenvalue weighted by molar-refractivity contribution is 7.98. The SMILES string of the molecule is CSc1cccc(NC(=O)C(=O)NCCCN2CCN(C)CC2)c1. The molecule has 0 saturated carbocycles. The molecular formula is C17H26N4O2S. The van der Waals surface area contributed by atoms with Gasteiger partial charge in [0.1, 0.15) is 0 Å². The molecule has 2 N–H and O–H groups in total. The number of amides is 2. The second kappa shape index (κ2) is 9.66. The number of benzene rings is 1. The van der Waals surface area contributed by atoms with Gasteiger partial charge in [-0.1, -0.05) is 6.07 Å². The summed E-state index contributed by atoms with van der Waals surface area (Å²) in [5.41, 5.74) is 0.638. The van der Waals surface area contributed by atoms with E-state index in [1.165, 1.54) is 0 Å². The van der Waals surface area contributed by atoms with Crippen LogP contribution in [0.15, 0.2) is 29.2 Å². The van der Waals surface area contributed by atoms with Crippen LogP contribution < -0.4 is 10.6 Å². The summed E-state index contributed by atoms with van der Waals surface area (Å²) in [5.74, 6) is -1.20. The molecule has 1 aliphatic rings. The number of rotatable bonds is 6. The number of carbonyl (C=O) groups excluding carboxylic acids is 2. The minimum absolute atomic E-state index is 0.517. The van der Waals surface area contributed by atoms with Crippen molar-refractivity contribution in [2.24, 2.45) is 0 Å². The first kappa shape index (κ1) is 18.8. The van der Waals surface area contributed by atoms with Crippen LogP contribution in [0.1, 0.15) is 6.42 Å². The lowest BCUT2D eigenvalue weighted by Gasteiger charge is -2.32. The monoisotopic (exact) mass is 350 g/mol. The van der Waals surface area contributed by atoms with Crippen molar-refractivity contribution in [3.8, 4) is 0 Å². The van der Waals surface area contributed by atoms with Crippen molar-refractivity contribution in [2.75, 3.05) is 57.9 Å². The highest BCUT2D eigenvalue weighted by atomic mass is 32.2. The molecule has 6 nitrogen and oxygen atoms in total. The largest absolute Gasteiger partial charge is 0.348 e. The molecule has 2 amide bonds. The third-order valence-electron chi connectivity index (χ3n) is 4.07. The van der Waals surface area contributed by atoms with E-state index >= 15 is 0 Å². The number of likely N-dealkylation sites (N-methyl/N-ethyl adjacent to an activating group) is 1. The summed E-state index contributed by atoms with van der Waals surface area (Å²) >= 11 is 1.59. The topological polar surface area (TPSA) is 64.7 Å². The van der Waals surface area contributed by atoms with Crippen molar-refractivity contribution >= 4 is 29.3 Å². The number of hydrogen-bond donors (Lipinski definition) is 2. The first-order chi connectivity index (χ1) is 11.6. The van der Waals surface area contributed by atoms with E-state index in [4.69, 9.17) is 0 Å². The van der Waals surface area contributed by atoms with E-state index in [0.29, 0.717) is 12.2 Å². The fourth-order valence-corrected chi connectivity index (χ4v) is 3.00. The van der Waals surface area contributed by atoms with Gasteiger partial charge in [0.25, 0.3) is 0 Å². The fraction of sp³-hybridized carbons (Fsp3) is 0.529. The Kier molecular flexibility index (Phi) is 7.55. The summed E-state index contributed by atoms with van der Waals surface area (Å²) in [6.45, 7) is 5.77. The molecule has 0 unspecified atom stereocenters. The molecule has 2 rings (SSSR count). The van der Waals surface area contributed by atoms with Gasteiger partial charge in [-0.15, -0.1) is 11.8 Å². The number of nitrogens with one attached hydrogen (secondary N) is 2. The van der Waals surface area contributed by atoms with Crippen molar-refractivity contribution in [1.82, 2.24) is 15.1 Å². The molecule has 0 aliphatic carbocycles. The maximum Gasteiger partial charge on any atom is 0.313 e. The molecule has 132 valence electrons. The molecule has 0 bridgehead atoms. The lowest BCUT2D eigenvalue weighted by atomic mass is 10.3. The average Bonchev–Trinajstić information content (AvgIpc) is 2.60. The van der Waals surface area contributed by atoms with Gasteiger partial charge in [0.2, 0.25) is 0 Å². The summed E-state index contributed by atoms with van der Waals surface area (Å²) in [6, 6.07) is 7.44. The van der Waals surface area contributed by atoms with Gasteiger partial charge in [-0.05, 0) is 44.5 Å². The van der Waals surface area contributed by atoms with Crippen LogP contribution in [0.4, 0.5) is 5.69 Å². The molecule has 1 fully saturated rings. The maximum absolute atomic E-state index is 11.9. The third-order valence-corrected chi connectivity index (χ3v) is 4.79. The van der Waals surface area contributed by atoms with Crippen LogP contribution >= 0.6 is 11.8 Å². The van der Waals surface area contributed by atoms with Gasteiger partial charge in [-0.25, -0.2) is 0 Å². The van der Waals surface area contributed by atoms with Crippen molar-refractivity contribution in [3.05, 3.63) is 24.3 Å². The molecule has 1 heterocycles. The Balaban J connectivity index is 1.65. The predicted octanol–water partition coefficient (Wildman–Crippen LogP) is 1.10. The second-order valence-corrected chi connectivity index (χ2v) is 6.82. The van der Waals surface area contributed by atoms with Gasteiger partial charge in [-0.2, -0.15) is 0 Å². The molecule has 7 heteroatoms. The first-order valence-corrected chi connectivity index (χ1v) is 9.45. The maximum atomic E-state index is 11.9. The number of hydrogen-bond acceptors (Lipinski definition) is 5. The van der Waals surface area contributed by atoms with Crippen LogP contribution in [0.2, 0.25) is 0 Å². The summed E-state index contributed by atoms with van der Waals surface area (Å²) < 4.78 is 0.